The van der Waals surface area contributed by atoms with Gasteiger partial charge in [-0.3, -0.25) is 0 Å². The van der Waals surface area contributed by atoms with Crippen LogP contribution in [0.25, 0.3) is 0 Å². The quantitative estimate of drug-likeness (QED) is 0.621. The molecule has 1 fully saturated rings. The fraction of sp³-hybridized carbons (Fsp3) is 0.385. The summed E-state index contributed by atoms with van der Waals surface area (Å²) in [6.07, 6.45) is 10.5. The summed E-state index contributed by atoms with van der Waals surface area (Å²) in [7, 11) is 0. The summed E-state index contributed by atoms with van der Waals surface area (Å²) < 4.78 is 0. The van der Waals surface area contributed by atoms with Crippen LogP contribution in [0.3, 0.4) is 0 Å². The predicted octanol–water partition coefficient (Wildman–Crippen LogP) is 6.35. The van der Waals surface area contributed by atoms with Crippen LogP contribution in [0.15, 0.2) is 78.1 Å². The van der Waals surface area contributed by atoms with Crippen LogP contribution in [0.4, 0.5) is 5.69 Å². The first-order valence-electron chi connectivity index (χ1n) is 10.7. The number of benzene rings is 2. The van der Waals surface area contributed by atoms with E-state index in [9.17, 15) is 0 Å². The number of para-hydroxylation sites is 1. The summed E-state index contributed by atoms with van der Waals surface area (Å²) in [4.78, 5) is 5.37. The summed E-state index contributed by atoms with van der Waals surface area (Å²) in [5, 5.41) is 0. The molecule has 2 nitrogen and oxygen atoms in total. The summed E-state index contributed by atoms with van der Waals surface area (Å²) >= 11 is 0. The Morgan fingerprint density at radius 3 is 2.29 bits per heavy atom. The van der Waals surface area contributed by atoms with Gasteiger partial charge in [0.1, 0.15) is 6.17 Å². The van der Waals surface area contributed by atoms with Gasteiger partial charge in [0.2, 0.25) is 0 Å². The van der Waals surface area contributed by atoms with E-state index in [1.807, 2.05) is 0 Å². The van der Waals surface area contributed by atoms with Gasteiger partial charge >= 0.3 is 0 Å². The lowest BCUT2D eigenvalue weighted by molar-refractivity contribution is 0.127. The zero-order chi connectivity index (χ0) is 19.3. The molecular formula is C26H30N2. The van der Waals surface area contributed by atoms with Crippen molar-refractivity contribution in [1.29, 1.82) is 0 Å². The predicted molar refractivity (Wildman–Crippen MR) is 117 cm³/mol. The van der Waals surface area contributed by atoms with E-state index >= 15 is 0 Å². The van der Waals surface area contributed by atoms with Crippen LogP contribution in [0.5, 0.6) is 0 Å². The second-order valence-corrected chi connectivity index (χ2v) is 8.80. The van der Waals surface area contributed by atoms with Crippen molar-refractivity contribution in [3.05, 3.63) is 89.3 Å². The monoisotopic (exact) mass is 370 g/mol. The van der Waals surface area contributed by atoms with E-state index in [-0.39, 0.29) is 5.54 Å². The molecule has 1 aliphatic carbocycles. The van der Waals surface area contributed by atoms with E-state index < -0.39 is 0 Å². The fourth-order valence-electron chi connectivity index (χ4n) is 5.65. The fourth-order valence-corrected chi connectivity index (χ4v) is 5.65. The lowest BCUT2D eigenvalue weighted by atomic mass is 9.89. The number of fused-ring (bicyclic) bond motifs is 1. The van der Waals surface area contributed by atoms with Crippen LogP contribution in [-0.4, -0.2) is 11.1 Å². The minimum Gasteiger partial charge on any atom is -0.336 e. The molecule has 2 aromatic carbocycles. The Morgan fingerprint density at radius 1 is 0.893 bits per heavy atom. The molecule has 2 atom stereocenters. The smallest absolute Gasteiger partial charge is 0.110 e. The number of anilines is 1. The average molecular weight is 371 g/mol. The molecule has 2 unspecified atom stereocenters. The highest BCUT2D eigenvalue weighted by Crippen LogP contribution is 2.52. The molecule has 0 saturated heterocycles. The largest absolute Gasteiger partial charge is 0.336 e. The zero-order valence-electron chi connectivity index (χ0n) is 17.2. The summed E-state index contributed by atoms with van der Waals surface area (Å²) in [6.45, 7) is 6.95. The average Bonchev–Trinajstić information content (AvgIpc) is 3.42. The normalized spacial score (nSPS) is 27.2. The number of allylic oxidation sites excluding steroid dienone is 2. The van der Waals surface area contributed by atoms with Crippen LogP contribution in [0.2, 0.25) is 0 Å². The van der Waals surface area contributed by atoms with Crippen LogP contribution >= 0.6 is 0 Å². The molecule has 3 aliphatic rings. The van der Waals surface area contributed by atoms with E-state index in [2.05, 4.69) is 97.3 Å². The first kappa shape index (κ1) is 17.6. The van der Waals surface area contributed by atoms with Crippen molar-refractivity contribution in [1.82, 2.24) is 4.90 Å². The van der Waals surface area contributed by atoms with Crippen molar-refractivity contribution in [2.75, 3.05) is 4.90 Å². The van der Waals surface area contributed by atoms with Gasteiger partial charge in [0, 0.05) is 11.4 Å². The lowest BCUT2D eigenvalue weighted by Gasteiger charge is -2.45. The molecule has 5 rings (SSSR count). The molecule has 2 aliphatic heterocycles. The van der Waals surface area contributed by atoms with E-state index in [4.69, 9.17) is 0 Å². The second kappa shape index (κ2) is 6.55. The van der Waals surface area contributed by atoms with Crippen molar-refractivity contribution < 1.29 is 0 Å². The topological polar surface area (TPSA) is 6.48 Å². The Kier molecular flexibility index (Phi) is 4.12. The Morgan fingerprint density at radius 2 is 1.57 bits per heavy atom. The highest BCUT2D eigenvalue weighted by Gasteiger charge is 2.51. The molecule has 0 radical (unpaired) electrons. The molecule has 2 heterocycles. The van der Waals surface area contributed by atoms with Gasteiger partial charge in [-0.15, -0.1) is 0 Å². The Labute approximate surface area is 169 Å². The van der Waals surface area contributed by atoms with Crippen LogP contribution < -0.4 is 4.90 Å². The first-order chi connectivity index (χ1) is 13.6. The Bertz CT molecular complexity index is 936. The molecule has 0 aromatic heterocycles. The molecule has 2 heteroatoms. The Balaban J connectivity index is 1.66. The number of aryl methyl sites for hydroxylation is 1. The van der Waals surface area contributed by atoms with Gasteiger partial charge in [0.15, 0.2) is 0 Å². The van der Waals surface area contributed by atoms with Crippen molar-refractivity contribution >= 4 is 5.69 Å². The maximum atomic E-state index is 2.72. The van der Waals surface area contributed by atoms with Gasteiger partial charge < -0.3 is 9.80 Å². The molecular weight excluding hydrogens is 340 g/mol. The van der Waals surface area contributed by atoms with Crippen molar-refractivity contribution in [2.45, 2.75) is 58.2 Å². The number of hydrogen-bond donors (Lipinski definition) is 0. The van der Waals surface area contributed by atoms with Crippen LogP contribution in [0, 0.1) is 12.8 Å². The van der Waals surface area contributed by atoms with E-state index in [0.29, 0.717) is 12.1 Å². The number of nitrogens with zero attached hydrogens (tertiary/aromatic N) is 2. The zero-order valence-corrected chi connectivity index (χ0v) is 17.2. The molecule has 1 saturated carbocycles. The van der Waals surface area contributed by atoms with Gasteiger partial charge in [-0.25, -0.2) is 0 Å². The standard InChI is InChI=1S/C26H30N2/c1-19-11-7-10-16-23(19)27-20(2)24-17-18-26(3,22-14-5-4-6-15-22)28(24)25(27)21-12-8-9-13-21/h4-7,10-11,14-18,21,25H,8-9,12-13H2,1-3H3. The molecule has 0 bridgehead atoms. The number of hydrogen-bond acceptors (Lipinski definition) is 2. The van der Waals surface area contributed by atoms with Crippen LogP contribution in [-0.2, 0) is 5.54 Å². The maximum Gasteiger partial charge on any atom is 0.110 e. The summed E-state index contributed by atoms with van der Waals surface area (Å²) in [6, 6.07) is 19.9. The SMILES string of the molecule is CC1=C2C=CC(C)(c3ccccc3)N2C(C2CCCC2)N1c1ccccc1C. The maximum absolute atomic E-state index is 2.72. The highest BCUT2D eigenvalue weighted by molar-refractivity contribution is 5.63. The first-order valence-corrected chi connectivity index (χ1v) is 10.7. The lowest BCUT2D eigenvalue weighted by Crippen LogP contribution is -2.51. The number of rotatable bonds is 3. The van der Waals surface area contributed by atoms with Gasteiger partial charge in [-0.1, -0.05) is 67.4 Å². The van der Waals surface area contributed by atoms with Crippen molar-refractivity contribution in [3.63, 3.8) is 0 Å². The van der Waals surface area contributed by atoms with Crippen molar-refractivity contribution in [3.8, 4) is 0 Å². The molecule has 0 amide bonds. The Hall–Kier alpha value is -2.48. The van der Waals surface area contributed by atoms with Crippen LogP contribution in [0.1, 0.15) is 50.7 Å². The molecule has 0 spiro atoms. The third-order valence-electron chi connectivity index (χ3n) is 7.14. The summed E-state index contributed by atoms with van der Waals surface area (Å²) in [5.74, 6) is 0.704. The third kappa shape index (κ3) is 2.47. The molecule has 28 heavy (non-hydrogen) atoms. The van der Waals surface area contributed by atoms with E-state index in [1.165, 1.54) is 53.9 Å². The van der Waals surface area contributed by atoms with Gasteiger partial charge in [0.25, 0.3) is 0 Å². The highest BCUT2D eigenvalue weighted by atomic mass is 15.5. The van der Waals surface area contributed by atoms with E-state index in [0.717, 1.165) is 0 Å². The molecule has 2 aromatic rings. The minimum atomic E-state index is -0.0947. The molecule has 144 valence electrons. The summed E-state index contributed by atoms with van der Waals surface area (Å²) in [5.41, 5.74) is 6.79. The molecule has 0 N–H and O–H groups in total. The van der Waals surface area contributed by atoms with Gasteiger partial charge in [-0.05, 0) is 62.8 Å². The van der Waals surface area contributed by atoms with E-state index in [1.54, 1.807) is 0 Å². The van der Waals surface area contributed by atoms with Crippen molar-refractivity contribution in [2.24, 2.45) is 5.92 Å². The van der Waals surface area contributed by atoms with Gasteiger partial charge in [0.05, 0.1) is 11.2 Å². The minimum absolute atomic E-state index is 0.0947. The second-order valence-electron chi connectivity index (χ2n) is 8.80. The third-order valence-corrected chi connectivity index (χ3v) is 7.14. The van der Waals surface area contributed by atoms with Gasteiger partial charge in [-0.2, -0.15) is 0 Å².